The monoisotopic (exact) mass is 313 g/mol. The van der Waals surface area contributed by atoms with Crippen LogP contribution < -0.4 is 0 Å². The first-order valence-electron chi connectivity index (χ1n) is 7.15. The van der Waals surface area contributed by atoms with E-state index in [0.29, 0.717) is 11.3 Å². The Morgan fingerprint density at radius 2 is 1.26 bits per heavy atom. The van der Waals surface area contributed by atoms with Crippen LogP contribution in [-0.2, 0) is 6.18 Å². The second kappa shape index (κ2) is 5.88. The molecule has 0 unspecified atom stereocenters. The van der Waals surface area contributed by atoms with E-state index in [1.807, 2.05) is 49.4 Å². The molecule has 3 aromatic rings. The fraction of sp³-hybridized carbons (Fsp3) is 0.105. The third kappa shape index (κ3) is 3.42. The van der Waals surface area contributed by atoms with Crippen LogP contribution in [-0.4, -0.2) is 4.98 Å². The summed E-state index contributed by atoms with van der Waals surface area (Å²) in [4.78, 5) is 4.58. The van der Waals surface area contributed by atoms with E-state index in [-0.39, 0.29) is 0 Å². The number of halogens is 3. The molecule has 0 saturated heterocycles. The summed E-state index contributed by atoms with van der Waals surface area (Å²) in [6.45, 7) is 1.95. The molecule has 0 radical (unpaired) electrons. The minimum atomic E-state index is -4.33. The number of hydrogen-bond donors (Lipinski definition) is 0. The molecule has 2 aromatic carbocycles. The van der Waals surface area contributed by atoms with Gasteiger partial charge in [-0.05, 0) is 36.8 Å². The molecule has 0 spiro atoms. The molecule has 0 aliphatic rings. The average molecular weight is 313 g/mol. The zero-order chi connectivity index (χ0) is 16.4. The number of benzene rings is 2. The topological polar surface area (TPSA) is 12.9 Å². The van der Waals surface area contributed by atoms with Gasteiger partial charge >= 0.3 is 6.18 Å². The molecule has 0 amide bonds. The molecule has 23 heavy (non-hydrogen) atoms. The largest absolute Gasteiger partial charge is 0.416 e. The number of aromatic nitrogens is 1. The van der Waals surface area contributed by atoms with Crippen LogP contribution in [0.3, 0.4) is 0 Å². The molecular weight excluding hydrogens is 299 g/mol. The number of pyridine rings is 1. The third-order valence-corrected chi connectivity index (χ3v) is 3.55. The lowest BCUT2D eigenvalue weighted by molar-refractivity contribution is -0.137. The molecule has 1 nitrogen and oxygen atoms in total. The number of aryl methyl sites for hydroxylation is 1. The zero-order valence-corrected chi connectivity index (χ0v) is 12.4. The van der Waals surface area contributed by atoms with Crippen molar-refractivity contribution in [3.8, 4) is 22.5 Å². The Labute approximate surface area is 132 Å². The van der Waals surface area contributed by atoms with Gasteiger partial charge in [0.15, 0.2) is 0 Å². The second-order valence-electron chi connectivity index (χ2n) is 5.36. The Bertz CT molecular complexity index is 806. The normalized spacial score (nSPS) is 11.5. The molecule has 0 bridgehead atoms. The van der Waals surface area contributed by atoms with Crippen LogP contribution in [0.25, 0.3) is 22.5 Å². The maximum absolute atomic E-state index is 12.7. The summed E-state index contributed by atoms with van der Waals surface area (Å²) >= 11 is 0. The Morgan fingerprint density at radius 1 is 0.739 bits per heavy atom. The molecule has 0 N–H and O–H groups in total. The molecule has 0 atom stereocenters. The van der Waals surface area contributed by atoms with Crippen LogP contribution in [0.2, 0.25) is 0 Å². The maximum Gasteiger partial charge on any atom is 0.416 e. The molecule has 4 heteroatoms. The highest BCUT2D eigenvalue weighted by atomic mass is 19.4. The smallest absolute Gasteiger partial charge is 0.248 e. The van der Waals surface area contributed by atoms with Crippen molar-refractivity contribution in [2.75, 3.05) is 0 Å². The summed E-state index contributed by atoms with van der Waals surface area (Å²) in [5.41, 5.74) is 3.47. The molecule has 3 rings (SSSR count). The number of nitrogens with zero attached hydrogens (tertiary/aromatic N) is 1. The molecule has 1 heterocycles. The van der Waals surface area contributed by atoms with Crippen molar-refractivity contribution >= 4 is 0 Å². The van der Waals surface area contributed by atoms with E-state index < -0.39 is 11.7 Å². The van der Waals surface area contributed by atoms with Gasteiger partial charge in [0.05, 0.1) is 17.0 Å². The van der Waals surface area contributed by atoms with Crippen molar-refractivity contribution in [3.63, 3.8) is 0 Å². The van der Waals surface area contributed by atoms with Crippen LogP contribution >= 0.6 is 0 Å². The van der Waals surface area contributed by atoms with E-state index in [4.69, 9.17) is 0 Å². The average Bonchev–Trinajstić information content (AvgIpc) is 2.54. The highest BCUT2D eigenvalue weighted by Crippen LogP contribution is 2.31. The fourth-order valence-corrected chi connectivity index (χ4v) is 2.40. The Balaban J connectivity index is 2.02. The van der Waals surface area contributed by atoms with E-state index in [9.17, 15) is 13.2 Å². The predicted octanol–water partition coefficient (Wildman–Crippen LogP) is 5.74. The van der Waals surface area contributed by atoms with Crippen molar-refractivity contribution in [2.45, 2.75) is 13.1 Å². The summed E-state index contributed by atoms with van der Waals surface area (Å²) in [7, 11) is 0. The Hall–Kier alpha value is -2.62. The Morgan fingerprint density at radius 3 is 1.78 bits per heavy atom. The molecule has 0 aliphatic heterocycles. The van der Waals surface area contributed by atoms with Crippen LogP contribution in [0.15, 0.2) is 66.7 Å². The SMILES string of the molecule is Cc1cc(-c2ccccc2)nc(-c2ccc(C(F)(F)F)cc2)c1. The molecule has 116 valence electrons. The zero-order valence-electron chi connectivity index (χ0n) is 12.4. The van der Waals surface area contributed by atoms with Gasteiger partial charge in [-0.15, -0.1) is 0 Å². The molecule has 0 fully saturated rings. The molecule has 1 aromatic heterocycles. The van der Waals surface area contributed by atoms with Crippen molar-refractivity contribution in [1.82, 2.24) is 4.98 Å². The van der Waals surface area contributed by atoms with Gasteiger partial charge in [0.25, 0.3) is 0 Å². The Kier molecular flexibility index (Phi) is 3.90. The highest BCUT2D eigenvalue weighted by Gasteiger charge is 2.30. The molecular formula is C19H14F3N. The number of rotatable bonds is 2. The summed E-state index contributed by atoms with van der Waals surface area (Å²) in [6.07, 6.45) is -4.33. The van der Waals surface area contributed by atoms with Gasteiger partial charge in [-0.25, -0.2) is 4.98 Å². The van der Waals surface area contributed by atoms with Crippen LogP contribution in [0.1, 0.15) is 11.1 Å². The lowest BCUT2D eigenvalue weighted by Gasteiger charge is -2.09. The first-order valence-corrected chi connectivity index (χ1v) is 7.15. The van der Waals surface area contributed by atoms with E-state index in [1.165, 1.54) is 12.1 Å². The summed E-state index contributed by atoms with van der Waals surface area (Å²) in [5.74, 6) is 0. The van der Waals surface area contributed by atoms with Gasteiger partial charge < -0.3 is 0 Å². The van der Waals surface area contributed by atoms with Crippen LogP contribution in [0.4, 0.5) is 13.2 Å². The van der Waals surface area contributed by atoms with Crippen molar-refractivity contribution < 1.29 is 13.2 Å². The minimum absolute atomic E-state index is 0.655. The minimum Gasteiger partial charge on any atom is -0.248 e. The quantitative estimate of drug-likeness (QED) is 0.587. The predicted molar refractivity (Wildman–Crippen MR) is 84.8 cm³/mol. The van der Waals surface area contributed by atoms with Gasteiger partial charge in [-0.2, -0.15) is 13.2 Å². The highest BCUT2D eigenvalue weighted by molar-refractivity contribution is 5.67. The molecule has 0 aliphatic carbocycles. The summed E-state index contributed by atoms with van der Waals surface area (Å²) in [6, 6.07) is 18.6. The summed E-state index contributed by atoms with van der Waals surface area (Å²) in [5, 5.41) is 0. The van der Waals surface area contributed by atoms with Gasteiger partial charge in [-0.3, -0.25) is 0 Å². The van der Waals surface area contributed by atoms with E-state index in [0.717, 1.165) is 29.0 Å². The lowest BCUT2D eigenvalue weighted by atomic mass is 10.0. The first kappa shape index (κ1) is 15.3. The standard InChI is InChI=1S/C19H14F3N/c1-13-11-17(14-5-3-2-4-6-14)23-18(12-13)15-7-9-16(10-8-15)19(20,21)22/h2-12H,1H3. The van der Waals surface area contributed by atoms with E-state index in [2.05, 4.69) is 4.98 Å². The third-order valence-electron chi connectivity index (χ3n) is 3.55. The van der Waals surface area contributed by atoms with E-state index >= 15 is 0 Å². The van der Waals surface area contributed by atoms with Gasteiger partial charge in [0.1, 0.15) is 0 Å². The fourth-order valence-electron chi connectivity index (χ4n) is 2.40. The molecule has 0 saturated carbocycles. The van der Waals surface area contributed by atoms with Gasteiger partial charge in [0.2, 0.25) is 0 Å². The van der Waals surface area contributed by atoms with Crippen LogP contribution in [0, 0.1) is 6.92 Å². The first-order chi connectivity index (χ1) is 10.9. The van der Waals surface area contributed by atoms with Gasteiger partial charge in [0, 0.05) is 11.1 Å². The number of hydrogen-bond acceptors (Lipinski definition) is 1. The van der Waals surface area contributed by atoms with Crippen molar-refractivity contribution in [2.24, 2.45) is 0 Å². The van der Waals surface area contributed by atoms with Crippen molar-refractivity contribution in [1.29, 1.82) is 0 Å². The lowest BCUT2D eigenvalue weighted by Crippen LogP contribution is -2.04. The maximum atomic E-state index is 12.7. The van der Waals surface area contributed by atoms with Gasteiger partial charge in [-0.1, -0.05) is 42.5 Å². The van der Waals surface area contributed by atoms with Crippen molar-refractivity contribution in [3.05, 3.63) is 77.9 Å². The van der Waals surface area contributed by atoms with E-state index in [1.54, 1.807) is 0 Å². The summed E-state index contributed by atoms with van der Waals surface area (Å²) < 4.78 is 38.0. The number of alkyl halides is 3. The van der Waals surface area contributed by atoms with Crippen LogP contribution in [0.5, 0.6) is 0 Å². The second-order valence-corrected chi connectivity index (χ2v) is 5.36.